The van der Waals surface area contributed by atoms with Crippen molar-refractivity contribution in [1.29, 1.82) is 0 Å². The van der Waals surface area contributed by atoms with Crippen LogP contribution in [0.2, 0.25) is 0 Å². The zero-order valence-electron chi connectivity index (χ0n) is 47.4. The van der Waals surface area contributed by atoms with Gasteiger partial charge in [-0.05, 0) is 70.6 Å². The molecule has 1 amide bonds. The Morgan fingerprint density at radius 3 is 1.22 bits per heavy atom. The topological polar surface area (TPSA) is 108 Å². The molecule has 0 bridgehead atoms. The minimum Gasteiger partial charge on any atom is -0.756 e. The van der Waals surface area contributed by atoms with Gasteiger partial charge in [0.25, 0.3) is 7.82 Å². The van der Waals surface area contributed by atoms with Crippen molar-refractivity contribution in [2.75, 3.05) is 40.9 Å². The summed E-state index contributed by atoms with van der Waals surface area (Å²) in [4.78, 5) is 25.5. The van der Waals surface area contributed by atoms with E-state index in [2.05, 4.69) is 104 Å². The quantitative estimate of drug-likeness (QED) is 0.0272. The van der Waals surface area contributed by atoms with Gasteiger partial charge in [-0.1, -0.05) is 265 Å². The number of phosphoric acid groups is 1. The molecule has 0 saturated heterocycles. The molecule has 0 aromatic heterocycles. The van der Waals surface area contributed by atoms with Crippen molar-refractivity contribution in [3.8, 4) is 0 Å². The number of aliphatic hydroxyl groups is 1. The van der Waals surface area contributed by atoms with Crippen molar-refractivity contribution in [3.05, 3.63) is 97.2 Å². The zero-order valence-corrected chi connectivity index (χ0v) is 48.2. The van der Waals surface area contributed by atoms with Crippen molar-refractivity contribution in [3.63, 3.8) is 0 Å². The molecule has 0 aliphatic carbocycles. The molecule has 2 N–H and O–H groups in total. The Bertz CT molecular complexity index is 1490. The number of aliphatic hydroxyl groups excluding tert-OH is 1. The third-order valence-electron chi connectivity index (χ3n) is 12.8. The molecule has 0 heterocycles. The van der Waals surface area contributed by atoms with E-state index in [9.17, 15) is 19.4 Å². The lowest BCUT2D eigenvalue weighted by atomic mass is 10.0. The number of rotatable bonds is 53. The molecule has 0 rings (SSSR count). The Balaban J connectivity index is 4.31. The van der Waals surface area contributed by atoms with E-state index < -0.39 is 26.6 Å². The van der Waals surface area contributed by atoms with Crippen LogP contribution < -0.4 is 10.2 Å². The minimum atomic E-state index is -4.62. The van der Waals surface area contributed by atoms with Gasteiger partial charge in [-0.3, -0.25) is 9.36 Å². The minimum absolute atomic E-state index is 0.0169. The average molecular weight is 1030 g/mol. The van der Waals surface area contributed by atoms with E-state index >= 15 is 0 Å². The largest absolute Gasteiger partial charge is 0.756 e. The predicted octanol–water partition coefficient (Wildman–Crippen LogP) is 17.6. The number of carbonyl (C=O) groups excluding carboxylic acids is 1. The number of likely N-dealkylation sites (N-methyl/N-ethyl adjacent to an activating group) is 1. The van der Waals surface area contributed by atoms with Crippen LogP contribution in [0.25, 0.3) is 0 Å². The number of phosphoric ester groups is 1. The first kappa shape index (κ1) is 69.4. The van der Waals surface area contributed by atoms with Crippen LogP contribution in [0.3, 0.4) is 0 Å². The second kappa shape index (κ2) is 53.3. The molecule has 3 atom stereocenters. The third-order valence-corrected chi connectivity index (χ3v) is 13.8. The number of nitrogens with one attached hydrogen (secondary N) is 1. The molecule has 0 aromatic carbocycles. The third kappa shape index (κ3) is 55.2. The number of hydrogen-bond acceptors (Lipinski definition) is 6. The van der Waals surface area contributed by atoms with Gasteiger partial charge in [-0.15, -0.1) is 0 Å². The van der Waals surface area contributed by atoms with E-state index in [0.29, 0.717) is 17.4 Å². The molecule has 0 fully saturated rings. The standard InChI is InChI=1S/C63H113N2O6P/c1-6-8-10-12-14-16-18-20-22-24-26-28-30-31-32-33-35-36-38-40-42-44-46-48-50-52-54-56-62(66)61(60-71-72(68,69)70-59-58-65(3,4)5)64-63(67)57-55-53-51-49-47-45-43-41-39-37-34-29-27-25-23-21-19-17-15-13-11-9-7-2/h9,11,15,17,21,23,27,29,37,39,43,45,49,51,54,56,61-62,66H,6-8,10,12-14,16,18-20,22,24-26,28,30-36,38,40-42,44,46-48,50,52-53,55,57-60H2,1-5H3,(H-,64,67,68,69)/b11-9-,17-15-,23-21-,29-27-,39-37-,45-43-,51-49-,56-54+. The molecule has 0 aromatic rings. The van der Waals surface area contributed by atoms with Crippen LogP contribution in [0.15, 0.2) is 97.2 Å². The summed E-state index contributed by atoms with van der Waals surface area (Å²) >= 11 is 0. The first-order chi connectivity index (χ1) is 35.0. The molecular formula is C63H113N2O6P. The Morgan fingerprint density at radius 1 is 0.500 bits per heavy atom. The molecule has 0 spiro atoms. The van der Waals surface area contributed by atoms with Crippen LogP contribution in [0, 0.1) is 0 Å². The number of unbranched alkanes of at least 4 members (excludes halogenated alkanes) is 26. The first-order valence-electron chi connectivity index (χ1n) is 29.6. The van der Waals surface area contributed by atoms with E-state index in [1.54, 1.807) is 6.08 Å². The number of nitrogens with zero attached hydrogens (tertiary/aromatic N) is 1. The summed E-state index contributed by atoms with van der Waals surface area (Å²) in [6.45, 7) is 4.50. The summed E-state index contributed by atoms with van der Waals surface area (Å²) in [5, 5.41) is 13.9. The SMILES string of the molecule is CC/C=C\C/C=C\C/C=C\C/C=C\C/C=C\C/C=C\C/C=C\CCCC(=O)NC(COP(=O)([O-])OCC[N+](C)(C)C)C(O)/C=C/CCCCCCCCCCCCCCCCCCCCCCCCCCC. The van der Waals surface area contributed by atoms with Gasteiger partial charge in [0.05, 0.1) is 39.9 Å². The fraction of sp³-hybridized carbons (Fsp3) is 0.730. The van der Waals surface area contributed by atoms with E-state index in [0.717, 1.165) is 70.6 Å². The summed E-state index contributed by atoms with van der Waals surface area (Å²) in [6, 6.07) is -0.925. The molecule has 416 valence electrons. The van der Waals surface area contributed by atoms with Gasteiger partial charge in [0.2, 0.25) is 5.91 Å². The van der Waals surface area contributed by atoms with Crippen LogP contribution in [-0.2, 0) is 18.4 Å². The Morgan fingerprint density at radius 2 is 0.847 bits per heavy atom. The first-order valence-corrected chi connectivity index (χ1v) is 31.1. The van der Waals surface area contributed by atoms with Crippen molar-refractivity contribution in [2.45, 2.75) is 257 Å². The van der Waals surface area contributed by atoms with E-state index in [1.807, 2.05) is 27.2 Å². The Kier molecular flexibility index (Phi) is 51.3. The predicted molar refractivity (Wildman–Crippen MR) is 311 cm³/mol. The normalized spacial score (nSPS) is 14.6. The van der Waals surface area contributed by atoms with Crippen molar-refractivity contribution in [1.82, 2.24) is 5.32 Å². The monoisotopic (exact) mass is 1020 g/mol. The number of quaternary nitrogens is 1. The second-order valence-electron chi connectivity index (χ2n) is 21.0. The van der Waals surface area contributed by atoms with Crippen LogP contribution in [0.4, 0.5) is 0 Å². The van der Waals surface area contributed by atoms with Gasteiger partial charge in [-0.25, -0.2) is 0 Å². The second-order valence-corrected chi connectivity index (χ2v) is 22.4. The molecular weight excluding hydrogens is 912 g/mol. The number of amides is 1. The maximum Gasteiger partial charge on any atom is 0.268 e. The summed E-state index contributed by atoms with van der Waals surface area (Å²) in [5.74, 6) is -0.256. The average Bonchev–Trinajstić information content (AvgIpc) is 3.34. The fourth-order valence-corrected chi connectivity index (χ4v) is 8.93. The van der Waals surface area contributed by atoms with Gasteiger partial charge in [0.1, 0.15) is 13.2 Å². The number of carbonyl (C=O) groups is 1. The zero-order chi connectivity index (χ0) is 52.7. The Hall–Kier alpha value is -2.58. The maximum absolute atomic E-state index is 12.9. The maximum atomic E-state index is 12.9. The molecule has 0 aliphatic heterocycles. The Labute approximate surface area is 445 Å². The van der Waals surface area contributed by atoms with Gasteiger partial charge in [0.15, 0.2) is 0 Å². The highest BCUT2D eigenvalue weighted by Crippen LogP contribution is 2.38. The fourth-order valence-electron chi connectivity index (χ4n) is 8.20. The highest BCUT2D eigenvalue weighted by molar-refractivity contribution is 7.45. The van der Waals surface area contributed by atoms with Gasteiger partial charge >= 0.3 is 0 Å². The van der Waals surface area contributed by atoms with E-state index in [4.69, 9.17) is 9.05 Å². The van der Waals surface area contributed by atoms with E-state index in [-0.39, 0.29) is 18.9 Å². The highest BCUT2D eigenvalue weighted by Gasteiger charge is 2.23. The summed E-state index contributed by atoms with van der Waals surface area (Å²) in [6.07, 6.45) is 76.4. The lowest BCUT2D eigenvalue weighted by Gasteiger charge is -2.29. The summed E-state index contributed by atoms with van der Waals surface area (Å²) < 4.78 is 23.3. The van der Waals surface area contributed by atoms with Gasteiger partial charge in [-0.2, -0.15) is 0 Å². The number of hydrogen-bond donors (Lipinski definition) is 2. The molecule has 8 nitrogen and oxygen atoms in total. The lowest BCUT2D eigenvalue weighted by molar-refractivity contribution is -0.870. The van der Waals surface area contributed by atoms with Crippen LogP contribution >= 0.6 is 7.82 Å². The summed E-state index contributed by atoms with van der Waals surface area (Å²) in [7, 11) is 1.21. The summed E-state index contributed by atoms with van der Waals surface area (Å²) in [5.41, 5.74) is 0. The molecule has 72 heavy (non-hydrogen) atoms. The van der Waals surface area contributed by atoms with Crippen LogP contribution in [0.5, 0.6) is 0 Å². The highest BCUT2D eigenvalue weighted by atomic mass is 31.2. The number of allylic oxidation sites excluding steroid dienone is 15. The molecule has 0 saturated carbocycles. The van der Waals surface area contributed by atoms with Crippen molar-refractivity contribution >= 4 is 13.7 Å². The van der Waals surface area contributed by atoms with Crippen molar-refractivity contribution in [2.24, 2.45) is 0 Å². The van der Waals surface area contributed by atoms with Crippen LogP contribution in [0.1, 0.15) is 245 Å². The smallest absolute Gasteiger partial charge is 0.268 e. The van der Waals surface area contributed by atoms with Gasteiger partial charge < -0.3 is 28.8 Å². The lowest BCUT2D eigenvalue weighted by Crippen LogP contribution is -2.45. The molecule has 9 heteroatoms. The van der Waals surface area contributed by atoms with Crippen molar-refractivity contribution < 1.29 is 32.9 Å². The van der Waals surface area contributed by atoms with Crippen LogP contribution in [-0.4, -0.2) is 68.5 Å². The van der Waals surface area contributed by atoms with Gasteiger partial charge in [0, 0.05) is 6.42 Å². The van der Waals surface area contributed by atoms with E-state index in [1.165, 1.54) is 148 Å². The molecule has 0 aliphatic rings. The molecule has 3 unspecified atom stereocenters. The molecule has 0 radical (unpaired) electrons.